The third-order valence-corrected chi connectivity index (χ3v) is 5.38. The zero-order chi connectivity index (χ0) is 20.4. The summed E-state index contributed by atoms with van der Waals surface area (Å²) in [6, 6.07) is 7.70. The van der Waals surface area contributed by atoms with Gasteiger partial charge in [-0.2, -0.15) is 0 Å². The SMILES string of the molecule is CC(C)CNC(=O)c1c(N)n(CC[NH+]2CCOCC2)c2nc3ccccc3nc12. The summed E-state index contributed by atoms with van der Waals surface area (Å²) in [5, 5.41) is 2.98. The van der Waals surface area contributed by atoms with Gasteiger partial charge in [0, 0.05) is 6.54 Å². The van der Waals surface area contributed by atoms with Gasteiger partial charge >= 0.3 is 0 Å². The Kier molecular flexibility index (Phi) is 5.64. The second-order valence-corrected chi connectivity index (χ2v) is 8.01. The summed E-state index contributed by atoms with van der Waals surface area (Å²) in [7, 11) is 0. The Morgan fingerprint density at radius 3 is 2.62 bits per heavy atom. The van der Waals surface area contributed by atoms with Crippen molar-refractivity contribution in [1.82, 2.24) is 19.9 Å². The number of anilines is 1. The monoisotopic (exact) mass is 397 g/mol. The van der Waals surface area contributed by atoms with Crippen molar-refractivity contribution in [2.75, 3.05) is 45.1 Å². The summed E-state index contributed by atoms with van der Waals surface area (Å²) >= 11 is 0. The molecule has 1 aliphatic heterocycles. The van der Waals surface area contributed by atoms with E-state index < -0.39 is 0 Å². The summed E-state index contributed by atoms with van der Waals surface area (Å²) < 4.78 is 7.39. The molecule has 154 valence electrons. The highest BCUT2D eigenvalue weighted by Crippen LogP contribution is 2.27. The zero-order valence-corrected chi connectivity index (χ0v) is 17.1. The molecule has 29 heavy (non-hydrogen) atoms. The fourth-order valence-electron chi connectivity index (χ4n) is 3.73. The summed E-state index contributed by atoms with van der Waals surface area (Å²) in [6.07, 6.45) is 0. The van der Waals surface area contributed by atoms with Gasteiger partial charge in [0.2, 0.25) is 0 Å². The molecule has 2 aromatic heterocycles. The zero-order valence-electron chi connectivity index (χ0n) is 17.1. The van der Waals surface area contributed by atoms with Crippen LogP contribution in [0.2, 0.25) is 0 Å². The van der Waals surface area contributed by atoms with E-state index in [1.807, 2.05) is 28.8 Å². The van der Waals surface area contributed by atoms with Gasteiger partial charge in [-0.05, 0) is 18.1 Å². The third-order valence-electron chi connectivity index (χ3n) is 5.38. The van der Waals surface area contributed by atoms with Crippen LogP contribution in [0.5, 0.6) is 0 Å². The van der Waals surface area contributed by atoms with Crippen LogP contribution >= 0.6 is 0 Å². The maximum Gasteiger partial charge on any atom is 0.257 e. The molecule has 4 rings (SSSR count). The third kappa shape index (κ3) is 4.04. The molecule has 0 spiro atoms. The number of aromatic nitrogens is 3. The van der Waals surface area contributed by atoms with E-state index >= 15 is 0 Å². The van der Waals surface area contributed by atoms with Crippen molar-refractivity contribution in [2.24, 2.45) is 5.92 Å². The lowest BCUT2D eigenvalue weighted by Crippen LogP contribution is -3.14. The molecule has 0 aliphatic carbocycles. The van der Waals surface area contributed by atoms with E-state index in [0.29, 0.717) is 41.6 Å². The molecule has 1 aromatic carbocycles. The number of nitrogens with two attached hydrogens (primary N) is 1. The van der Waals surface area contributed by atoms with Crippen LogP contribution in [-0.4, -0.2) is 59.8 Å². The van der Waals surface area contributed by atoms with E-state index in [1.165, 1.54) is 4.90 Å². The Hall–Kier alpha value is -2.71. The molecule has 1 aliphatic rings. The highest BCUT2D eigenvalue weighted by molar-refractivity contribution is 6.10. The minimum Gasteiger partial charge on any atom is -0.384 e. The molecule has 0 unspecified atom stereocenters. The number of ether oxygens (including phenoxy) is 1. The molecule has 1 fully saturated rings. The number of nitrogen functional groups attached to an aromatic ring is 1. The van der Waals surface area contributed by atoms with Crippen molar-refractivity contribution in [3.05, 3.63) is 29.8 Å². The van der Waals surface area contributed by atoms with Crippen LogP contribution < -0.4 is 16.0 Å². The highest BCUT2D eigenvalue weighted by atomic mass is 16.5. The van der Waals surface area contributed by atoms with E-state index in [1.54, 1.807) is 0 Å². The standard InChI is InChI=1S/C21H28N6O2/c1-14(2)13-23-21(28)17-18-20(25-16-6-4-3-5-15(16)24-18)27(19(17)22)8-7-26-9-11-29-12-10-26/h3-6,14H,7-13,22H2,1-2H3,(H,23,28)/p+1. The molecule has 0 bridgehead atoms. The number of nitrogens with zero attached hydrogens (tertiary/aromatic N) is 3. The van der Waals surface area contributed by atoms with Gasteiger partial charge in [-0.15, -0.1) is 0 Å². The molecule has 0 atom stereocenters. The Bertz CT molecular complexity index is 1020. The quantitative estimate of drug-likeness (QED) is 0.561. The van der Waals surface area contributed by atoms with Crippen molar-refractivity contribution in [1.29, 1.82) is 0 Å². The fourth-order valence-corrected chi connectivity index (χ4v) is 3.73. The van der Waals surface area contributed by atoms with Gasteiger partial charge in [-0.1, -0.05) is 26.0 Å². The van der Waals surface area contributed by atoms with E-state index in [-0.39, 0.29) is 5.91 Å². The number of carbonyl (C=O) groups excluding carboxylic acids is 1. The molecule has 3 aromatic rings. The summed E-state index contributed by atoms with van der Waals surface area (Å²) in [6.45, 7) is 9.82. The Balaban J connectivity index is 1.75. The molecule has 3 heterocycles. The number of benzene rings is 1. The van der Waals surface area contributed by atoms with Crippen LogP contribution in [0.25, 0.3) is 22.2 Å². The summed E-state index contributed by atoms with van der Waals surface area (Å²) in [4.78, 5) is 24.0. The van der Waals surface area contributed by atoms with E-state index in [4.69, 9.17) is 20.4 Å². The van der Waals surface area contributed by atoms with Crippen molar-refractivity contribution < 1.29 is 14.4 Å². The van der Waals surface area contributed by atoms with Gasteiger partial charge in [-0.3, -0.25) is 4.79 Å². The minimum absolute atomic E-state index is 0.191. The van der Waals surface area contributed by atoms with Gasteiger partial charge < -0.3 is 25.3 Å². The first-order valence-electron chi connectivity index (χ1n) is 10.3. The van der Waals surface area contributed by atoms with Gasteiger partial charge in [0.05, 0.1) is 37.3 Å². The molecule has 8 heteroatoms. The number of nitrogens with one attached hydrogen (secondary N) is 2. The Morgan fingerprint density at radius 2 is 1.93 bits per heavy atom. The molecule has 0 radical (unpaired) electrons. The number of quaternary nitrogens is 1. The maximum absolute atomic E-state index is 12.9. The van der Waals surface area contributed by atoms with Crippen molar-refractivity contribution in [2.45, 2.75) is 20.4 Å². The molecule has 4 N–H and O–H groups in total. The number of hydrogen-bond donors (Lipinski definition) is 3. The Morgan fingerprint density at radius 1 is 1.24 bits per heavy atom. The van der Waals surface area contributed by atoms with Crippen molar-refractivity contribution >= 4 is 33.9 Å². The van der Waals surface area contributed by atoms with Gasteiger partial charge in [0.25, 0.3) is 5.91 Å². The van der Waals surface area contributed by atoms with Gasteiger partial charge in [-0.25, -0.2) is 9.97 Å². The van der Waals surface area contributed by atoms with Crippen LogP contribution in [0.15, 0.2) is 24.3 Å². The van der Waals surface area contributed by atoms with Crippen LogP contribution in [-0.2, 0) is 11.3 Å². The first-order valence-corrected chi connectivity index (χ1v) is 10.3. The largest absolute Gasteiger partial charge is 0.384 e. The molecular formula is C21H29N6O2+. The smallest absolute Gasteiger partial charge is 0.257 e. The lowest BCUT2D eigenvalue weighted by Gasteiger charge is -2.24. The summed E-state index contributed by atoms with van der Waals surface area (Å²) in [5.41, 5.74) is 9.71. The predicted octanol–water partition coefficient (Wildman–Crippen LogP) is 0.468. The van der Waals surface area contributed by atoms with E-state index in [9.17, 15) is 4.79 Å². The minimum atomic E-state index is -0.191. The lowest BCUT2D eigenvalue weighted by molar-refractivity contribution is -0.908. The van der Waals surface area contributed by atoms with E-state index in [2.05, 4.69) is 19.2 Å². The molecule has 8 nitrogen and oxygen atoms in total. The highest BCUT2D eigenvalue weighted by Gasteiger charge is 2.25. The average molecular weight is 398 g/mol. The molecular weight excluding hydrogens is 368 g/mol. The second kappa shape index (κ2) is 8.34. The van der Waals surface area contributed by atoms with Gasteiger partial charge in [0.15, 0.2) is 5.65 Å². The molecule has 1 amide bonds. The molecule has 0 saturated carbocycles. The van der Waals surface area contributed by atoms with Gasteiger partial charge in [0.1, 0.15) is 30.0 Å². The first kappa shape index (κ1) is 19.6. The fraction of sp³-hybridized carbons (Fsp3) is 0.476. The number of para-hydroxylation sites is 2. The second-order valence-electron chi connectivity index (χ2n) is 8.01. The van der Waals surface area contributed by atoms with Crippen LogP contribution in [0.3, 0.4) is 0 Å². The normalized spacial score (nSPS) is 15.4. The van der Waals surface area contributed by atoms with Crippen molar-refractivity contribution in [3.8, 4) is 0 Å². The Labute approximate surface area is 170 Å². The van der Waals surface area contributed by atoms with Crippen LogP contribution in [0.4, 0.5) is 5.82 Å². The summed E-state index contributed by atoms with van der Waals surface area (Å²) in [5.74, 6) is 0.595. The van der Waals surface area contributed by atoms with Crippen LogP contribution in [0, 0.1) is 5.92 Å². The number of carbonyl (C=O) groups is 1. The number of rotatable bonds is 6. The molecule has 1 saturated heterocycles. The van der Waals surface area contributed by atoms with Crippen LogP contribution in [0.1, 0.15) is 24.2 Å². The predicted molar refractivity (Wildman–Crippen MR) is 113 cm³/mol. The average Bonchev–Trinajstić information content (AvgIpc) is 2.99. The number of hydrogen-bond acceptors (Lipinski definition) is 5. The maximum atomic E-state index is 12.9. The van der Waals surface area contributed by atoms with E-state index in [0.717, 1.165) is 43.9 Å². The van der Waals surface area contributed by atoms with Crippen molar-refractivity contribution in [3.63, 3.8) is 0 Å². The topological polar surface area (TPSA) is 99.5 Å². The number of fused-ring (bicyclic) bond motifs is 2. The number of morpholine rings is 1. The lowest BCUT2D eigenvalue weighted by atomic mass is 10.2. The first-order chi connectivity index (χ1) is 14.0. The number of amides is 1.